The molecule has 5 heteroatoms. The minimum Gasteiger partial charge on any atom is -0.481 e. The maximum atomic E-state index is 13.9. The molecule has 0 spiro atoms. The number of benzene rings is 1. The fourth-order valence-electron chi connectivity index (χ4n) is 3.15. The van der Waals surface area contributed by atoms with Crippen LogP contribution in [0.1, 0.15) is 26.7 Å². The molecule has 4 nitrogen and oxygen atoms in total. The first-order chi connectivity index (χ1) is 9.95. The van der Waals surface area contributed by atoms with E-state index in [4.69, 9.17) is 0 Å². The van der Waals surface area contributed by atoms with Crippen molar-refractivity contribution in [1.29, 1.82) is 0 Å². The zero-order valence-electron chi connectivity index (χ0n) is 12.3. The van der Waals surface area contributed by atoms with E-state index in [1.165, 1.54) is 11.0 Å². The molecule has 1 N–H and O–H groups in total. The minimum atomic E-state index is -0.942. The van der Waals surface area contributed by atoms with E-state index in [0.717, 1.165) is 0 Å². The third-order valence-electron chi connectivity index (χ3n) is 4.16. The molecular weight excluding hydrogens is 273 g/mol. The lowest BCUT2D eigenvalue weighted by Crippen LogP contribution is -2.39. The standard InChI is InChI=1S/C16H20FNO3/c1-3-18(14-7-5-4-6-13(14)17)15(19)11-8-10(2)9-12(11)16(20)21/h4-7,10-12H,3,8-9H2,1-2H3,(H,20,21)/t10?,11-,12+/m0/s1. The van der Waals surface area contributed by atoms with E-state index in [1.54, 1.807) is 25.1 Å². The SMILES string of the molecule is CCN(C(=O)[C@H]1CC(C)C[C@H]1C(=O)O)c1ccccc1F. The largest absolute Gasteiger partial charge is 0.481 e. The van der Waals surface area contributed by atoms with Crippen LogP contribution in [0, 0.1) is 23.6 Å². The number of carboxylic acids is 1. The molecule has 1 aromatic carbocycles. The average Bonchev–Trinajstić information content (AvgIpc) is 2.84. The Morgan fingerprint density at radius 2 is 1.90 bits per heavy atom. The highest BCUT2D eigenvalue weighted by molar-refractivity contribution is 5.97. The number of nitrogens with zero attached hydrogens (tertiary/aromatic N) is 1. The van der Waals surface area contributed by atoms with E-state index in [2.05, 4.69) is 0 Å². The Bertz CT molecular complexity index is 546. The van der Waals surface area contributed by atoms with Gasteiger partial charge in [-0.1, -0.05) is 19.1 Å². The van der Waals surface area contributed by atoms with Crippen LogP contribution in [0.4, 0.5) is 10.1 Å². The van der Waals surface area contributed by atoms with Gasteiger partial charge in [0.05, 0.1) is 17.5 Å². The molecule has 1 aliphatic rings. The lowest BCUT2D eigenvalue weighted by molar-refractivity contribution is -0.145. The second-order valence-corrected chi connectivity index (χ2v) is 5.66. The summed E-state index contributed by atoms with van der Waals surface area (Å²) in [5.74, 6) is -2.75. The molecule has 1 saturated carbocycles. The minimum absolute atomic E-state index is 0.194. The van der Waals surface area contributed by atoms with E-state index in [9.17, 15) is 19.1 Å². The van der Waals surface area contributed by atoms with Crippen molar-refractivity contribution in [2.45, 2.75) is 26.7 Å². The quantitative estimate of drug-likeness (QED) is 0.928. The van der Waals surface area contributed by atoms with Crippen LogP contribution in [0.3, 0.4) is 0 Å². The first-order valence-electron chi connectivity index (χ1n) is 7.24. The van der Waals surface area contributed by atoms with E-state index >= 15 is 0 Å². The summed E-state index contributed by atoms with van der Waals surface area (Å²) in [6.45, 7) is 4.03. The second kappa shape index (κ2) is 6.24. The van der Waals surface area contributed by atoms with Crippen molar-refractivity contribution in [3.63, 3.8) is 0 Å². The number of aliphatic carboxylic acids is 1. The van der Waals surface area contributed by atoms with Gasteiger partial charge in [-0.25, -0.2) is 4.39 Å². The number of hydrogen-bond acceptors (Lipinski definition) is 2. The van der Waals surface area contributed by atoms with E-state index in [-0.39, 0.29) is 17.5 Å². The van der Waals surface area contributed by atoms with Crippen molar-refractivity contribution in [1.82, 2.24) is 0 Å². The zero-order valence-corrected chi connectivity index (χ0v) is 12.3. The molecule has 3 atom stereocenters. The van der Waals surface area contributed by atoms with Crippen molar-refractivity contribution < 1.29 is 19.1 Å². The molecule has 21 heavy (non-hydrogen) atoms. The van der Waals surface area contributed by atoms with Crippen LogP contribution in [0.25, 0.3) is 0 Å². The Hall–Kier alpha value is -1.91. The first kappa shape index (κ1) is 15.5. The van der Waals surface area contributed by atoms with Crippen molar-refractivity contribution in [3.8, 4) is 0 Å². The summed E-state index contributed by atoms with van der Waals surface area (Å²) >= 11 is 0. The molecule has 2 rings (SSSR count). The molecule has 1 aromatic rings. The fourth-order valence-corrected chi connectivity index (χ4v) is 3.15. The van der Waals surface area contributed by atoms with Gasteiger partial charge in [-0.3, -0.25) is 9.59 Å². The molecule has 0 radical (unpaired) electrons. The van der Waals surface area contributed by atoms with Gasteiger partial charge >= 0.3 is 5.97 Å². The normalized spacial score (nSPS) is 24.8. The molecule has 114 valence electrons. The van der Waals surface area contributed by atoms with Crippen LogP contribution >= 0.6 is 0 Å². The van der Waals surface area contributed by atoms with Gasteiger partial charge in [0.2, 0.25) is 5.91 Å². The second-order valence-electron chi connectivity index (χ2n) is 5.66. The van der Waals surface area contributed by atoms with Crippen LogP contribution in [0.15, 0.2) is 24.3 Å². The lowest BCUT2D eigenvalue weighted by Gasteiger charge is -2.26. The van der Waals surface area contributed by atoms with Crippen LogP contribution in [-0.4, -0.2) is 23.5 Å². The predicted octanol–water partition coefficient (Wildman–Crippen LogP) is 2.93. The van der Waals surface area contributed by atoms with Crippen LogP contribution in [-0.2, 0) is 9.59 Å². The van der Waals surface area contributed by atoms with Gasteiger partial charge in [0.15, 0.2) is 0 Å². The Morgan fingerprint density at radius 1 is 1.29 bits per heavy atom. The summed E-state index contributed by atoms with van der Waals surface area (Å²) < 4.78 is 13.9. The van der Waals surface area contributed by atoms with Gasteiger partial charge in [-0.05, 0) is 37.8 Å². The van der Waals surface area contributed by atoms with Crippen LogP contribution < -0.4 is 4.90 Å². The predicted molar refractivity (Wildman–Crippen MR) is 77.4 cm³/mol. The van der Waals surface area contributed by atoms with Gasteiger partial charge in [-0.2, -0.15) is 0 Å². The van der Waals surface area contributed by atoms with Crippen LogP contribution in [0.5, 0.6) is 0 Å². The number of rotatable bonds is 4. The Kier molecular flexibility index (Phi) is 4.60. The fraction of sp³-hybridized carbons (Fsp3) is 0.500. The lowest BCUT2D eigenvalue weighted by atomic mass is 9.94. The topological polar surface area (TPSA) is 57.6 Å². The van der Waals surface area contributed by atoms with Crippen molar-refractivity contribution in [2.24, 2.45) is 17.8 Å². The van der Waals surface area contributed by atoms with Gasteiger partial charge < -0.3 is 10.0 Å². The Morgan fingerprint density at radius 3 is 2.48 bits per heavy atom. The molecule has 0 aromatic heterocycles. The summed E-state index contributed by atoms with van der Waals surface area (Å²) in [6, 6.07) is 6.08. The number of para-hydroxylation sites is 1. The molecular formula is C16H20FNO3. The zero-order chi connectivity index (χ0) is 15.6. The van der Waals surface area contributed by atoms with Crippen LogP contribution in [0.2, 0.25) is 0 Å². The molecule has 1 unspecified atom stereocenters. The highest BCUT2D eigenvalue weighted by Gasteiger charge is 2.43. The van der Waals surface area contributed by atoms with Crippen molar-refractivity contribution in [2.75, 3.05) is 11.4 Å². The summed E-state index contributed by atoms with van der Waals surface area (Å²) in [5.41, 5.74) is 0.216. The van der Waals surface area contributed by atoms with Crippen molar-refractivity contribution >= 4 is 17.6 Å². The molecule has 1 amide bonds. The summed E-state index contributed by atoms with van der Waals surface area (Å²) in [6.07, 6.45) is 1.04. The molecule has 0 bridgehead atoms. The summed E-state index contributed by atoms with van der Waals surface area (Å²) in [5, 5.41) is 9.29. The number of anilines is 1. The van der Waals surface area contributed by atoms with E-state index in [0.29, 0.717) is 19.4 Å². The molecule has 1 aliphatic carbocycles. The molecule has 0 saturated heterocycles. The van der Waals surface area contributed by atoms with E-state index in [1.807, 2.05) is 6.92 Å². The summed E-state index contributed by atoms with van der Waals surface area (Å²) in [4.78, 5) is 25.4. The maximum absolute atomic E-state index is 13.9. The maximum Gasteiger partial charge on any atom is 0.307 e. The Labute approximate surface area is 123 Å². The third-order valence-corrected chi connectivity index (χ3v) is 4.16. The number of carboxylic acid groups (broad SMARTS) is 1. The van der Waals surface area contributed by atoms with Gasteiger partial charge in [0.25, 0.3) is 0 Å². The number of amides is 1. The molecule has 0 aliphatic heterocycles. The van der Waals surface area contributed by atoms with Gasteiger partial charge in [-0.15, -0.1) is 0 Å². The van der Waals surface area contributed by atoms with E-state index < -0.39 is 23.6 Å². The number of halogens is 1. The number of hydrogen-bond donors (Lipinski definition) is 1. The monoisotopic (exact) mass is 293 g/mol. The van der Waals surface area contributed by atoms with Crippen molar-refractivity contribution in [3.05, 3.63) is 30.1 Å². The van der Waals surface area contributed by atoms with Gasteiger partial charge in [0, 0.05) is 6.54 Å². The average molecular weight is 293 g/mol. The highest BCUT2D eigenvalue weighted by atomic mass is 19.1. The molecule has 0 heterocycles. The number of carbonyl (C=O) groups excluding carboxylic acids is 1. The third kappa shape index (κ3) is 3.06. The highest BCUT2D eigenvalue weighted by Crippen LogP contribution is 2.38. The smallest absolute Gasteiger partial charge is 0.307 e. The van der Waals surface area contributed by atoms with Gasteiger partial charge in [0.1, 0.15) is 5.82 Å². The Balaban J connectivity index is 2.28. The number of carbonyl (C=O) groups is 2. The molecule has 1 fully saturated rings. The first-order valence-corrected chi connectivity index (χ1v) is 7.24. The summed E-state index contributed by atoms with van der Waals surface area (Å²) in [7, 11) is 0.